The van der Waals surface area contributed by atoms with Crippen LogP contribution < -0.4 is 0 Å². The molecule has 1 fully saturated rings. The normalized spacial score (nSPS) is 19.6. The summed E-state index contributed by atoms with van der Waals surface area (Å²) < 4.78 is 51.0. The van der Waals surface area contributed by atoms with Gasteiger partial charge in [0.2, 0.25) is 5.91 Å². The largest absolute Gasteiger partial charge is 0.482 e. The van der Waals surface area contributed by atoms with Crippen molar-refractivity contribution in [3.63, 3.8) is 0 Å². The molecule has 1 aromatic rings. The predicted octanol–water partition coefficient (Wildman–Crippen LogP) is 4.00. The van der Waals surface area contributed by atoms with Gasteiger partial charge in [-0.25, -0.2) is 13.2 Å². The molecule has 1 aliphatic rings. The van der Waals surface area contributed by atoms with Gasteiger partial charge in [0.15, 0.2) is 16.7 Å². The minimum atomic E-state index is -1.24. The summed E-state index contributed by atoms with van der Waals surface area (Å²) in [5.74, 6) is -3.04. The third kappa shape index (κ3) is 6.17. The van der Waals surface area contributed by atoms with Crippen molar-refractivity contribution in [3.8, 4) is 0 Å². The van der Waals surface area contributed by atoms with E-state index >= 15 is 0 Å². The lowest BCUT2D eigenvalue weighted by Gasteiger charge is -2.25. The van der Waals surface area contributed by atoms with Crippen molar-refractivity contribution in [2.45, 2.75) is 52.4 Å². The lowest BCUT2D eigenvalue weighted by Crippen LogP contribution is -2.39. The second kappa shape index (κ2) is 9.50. The lowest BCUT2D eigenvalue weighted by molar-refractivity contribution is -0.134. The summed E-state index contributed by atoms with van der Waals surface area (Å²) in [6, 6.07) is 1.03. The molecule has 1 amide bonds. The molecular weight excluding hydrogens is 379 g/mol. The molecular formula is C19H24F3NO3S. The van der Waals surface area contributed by atoms with Gasteiger partial charge < -0.3 is 14.4 Å². The number of hydrogen-bond acceptors (Lipinski definition) is 4. The molecule has 150 valence electrons. The number of ether oxygens (including phenoxy) is 2. The molecule has 1 aromatic carbocycles. The Kier molecular flexibility index (Phi) is 7.61. The maximum atomic E-state index is 13.7. The standard InChI is InChI=1S/C19H24F3NO3S/c1-11(2)4-19(24)23-8-15(26-12(3)27)6-14(23)10-25-9-13-5-17(21)18(22)7-16(13)20/h5,7,11,14-15H,4,6,8-10H2,1-3H3/t14-,15+/m0/s1. The number of halogens is 3. The Morgan fingerprint density at radius 3 is 2.56 bits per heavy atom. The quantitative estimate of drug-likeness (QED) is 0.510. The van der Waals surface area contributed by atoms with E-state index in [1.54, 1.807) is 11.8 Å². The Morgan fingerprint density at radius 1 is 1.26 bits per heavy atom. The molecule has 2 atom stereocenters. The number of benzene rings is 1. The van der Waals surface area contributed by atoms with Crippen molar-refractivity contribution in [2.75, 3.05) is 13.2 Å². The van der Waals surface area contributed by atoms with Crippen LogP contribution in [-0.2, 0) is 20.9 Å². The second-order valence-electron chi connectivity index (χ2n) is 7.14. The number of thiocarbonyl (C=S) groups is 1. The number of amides is 1. The molecule has 2 rings (SSSR count). The van der Waals surface area contributed by atoms with Gasteiger partial charge in [-0.15, -0.1) is 0 Å². The third-order valence-corrected chi connectivity index (χ3v) is 4.37. The maximum absolute atomic E-state index is 13.7. The van der Waals surface area contributed by atoms with E-state index in [2.05, 4.69) is 0 Å². The van der Waals surface area contributed by atoms with Crippen molar-refractivity contribution in [1.82, 2.24) is 4.90 Å². The van der Waals surface area contributed by atoms with Crippen LogP contribution >= 0.6 is 12.2 Å². The number of rotatable bonds is 7. The summed E-state index contributed by atoms with van der Waals surface area (Å²) in [6.45, 7) is 5.92. The molecule has 1 heterocycles. The molecule has 0 aliphatic carbocycles. The molecule has 0 N–H and O–H groups in total. The zero-order valence-corrected chi connectivity index (χ0v) is 16.5. The first-order chi connectivity index (χ1) is 12.7. The fourth-order valence-electron chi connectivity index (χ4n) is 3.10. The van der Waals surface area contributed by atoms with E-state index in [9.17, 15) is 18.0 Å². The molecule has 1 saturated heterocycles. The van der Waals surface area contributed by atoms with Gasteiger partial charge in [-0.05, 0) is 24.2 Å². The maximum Gasteiger partial charge on any atom is 0.223 e. The minimum Gasteiger partial charge on any atom is -0.482 e. The highest BCUT2D eigenvalue weighted by atomic mass is 32.1. The topological polar surface area (TPSA) is 38.8 Å². The molecule has 0 unspecified atom stereocenters. The van der Waals surface area contributed by atoms with E-state index < -0.39 is 17.5 Å². The summed E-state index contributed by atoms with van der Waals surface area (Å²) in [6.07, 6.45) is 0.725. The van der Waals surface area contributed by atoms with Crippen LogP contribution in [0.4, 0.5) is 13.2 Å². The Bertz CT molecular complexity index is 699. The molecule has 0 radical (unpaired) electrons. The Hall–Kier alpha value is -1.67. The van der Waals surface area contributed by atoms with Gasteiger partial charge in [0.1, 0.15) is 11.9 Å². The SMILES string of the molecule is CC(=S)O[C@@H]1C[C@@H](COCc2cc(F)c(F)cc2F)N(C(=O)CC(C)C)C1. The van der Waals surface area contributed by atoms with Crippen molar-refractivity contribution in [3.05, 3.63) is 35.1 Å². The molecule has 1 aliphatic heterocycles. The van der Waals surface area contributed by atoms with Crippen LogP contribution in [-0.4, -0.2) is 41.2 Å². The summed E-state index contributed by atoms with van der Waals surface area (Å²) in [7, 11) is 0. The van der Waals surface area contributed by atoms with Crippen LogP contribution in [0.5, 0.6) is 0 Å². The average molecular weight is 403 g/mol. The molecule has 0 aromatic heterocycles. The summed E-state index contributed by atoms with van der Waals surface area (Å²) in [5, 5.41) is 0.404. The molecule has 0 bridgehead atoms. The van der Waals surface area contributed by atoms with E-state index in [4.69, 9.17) is 21.7 Å². The van der Waals surface area contributed by atoms with Gasteiger partial charge in [0.05, 0.1) is 25.8 Å². The lowest BCUT2D eigenvalue weighted by atomic mass is 10.1. The summed E-state index contributed by atoms with van der Waals surface area (Å²) in [4.78, 5) is 14.2. The van der Waals surface area contributed by atoms with E-state index in [1.807, 2.05) is 13.8 Å². The van der Waals surface area contributed by atoms with Crippen molar-refractivity contribution >= 4 is 23.2 Å². The zero-order valence-electron chi connectivity index (χ0n) is 15.6. The highest BCUT2D eigenvalue weighted by Gasteiger charge is 2.36. The van der Waals surface area contributed by atoms with Gasteiger partial charge in [0, 0.05) is 31.4 Å². The third-order valence-electron chi connectivity index (χ3n) is 4.27. The van der Waals surface area contributed by atoms with Crippen molar-refractivity contribution in [2.24, 2.45) is 5.92 Å². The van der Waals surface area contributed by atoms with E-state index in [-0.39, 0.29) is 42.7 Å². The van der Waals surface area contributed by atoms with Crippen LogP contribution in [0, 0.1) is 23.4 Å². The Labute approximate surface area is 162 Å². The van der Waals surface area contributed by atoms with Crippen LogP contribution in [0.1, 0.15) is 39.2 Å². The molecule has 0 spiro atoms. The molecule has 0 saturated carbocycles. The summed E-state index contributed by atoms with van der Waals surface area (Å²) in [5.41, 5.74) is -0.0745. The average Bonchev–Trinajstić information content (AvgIpc) is 2.93. The first kappa shape index (κ1) is 21.6. The number of carbonyl (C=O) groups excluding carboxylic acids is 1. The highest BCUT2D eigenvalue weighted by molar-refractivity contribution is 7.80. The van der Waals surface area contributed by atoms with Gasteiger partial charge >= 0.3 is 0 Å². The van der Waals surface area contributed by atoms with E-state index in [0.717, 1.165) is 6.07 Å². The van der Waals surface area contributed by atoms with E-state index in [1.165, 1.54) is 0 Å². The van der Waals surface area contributed by atoms with Crippen molar-refractivity contribution in [1.29, 1.82) is 0 Å². The van der Waals surface area contributed by atoms with Crippen LogP contribution in [0.15, 0.2) is 12.1 Å². The smallest absolute Gasteiger partial charge is 0.223 e. The molecule has 8 heteroatoms. The number of nitrogens with zero attached hydrogens (tertiary/aromatic N) is 1. The van der Waals surface area contributed by atoms with Gasteiger partial charge in [0.25, 0.3) is 0 Å². The van der Waals surface area contributed by atoms with Crippen molar-refractivity contribution < 1.29 is 27.4 Å². The van der Waals surface area contributed by atoms with Gasteiger partial charge in [-0.1, -0.05) is 13.8 Å². The van der Waals surface area contributed by atoms with Gasteiger partial charge in [-0.3, -0.25) is 4.79 Å². The Balaban J connectivity index is 1.99. The fourth-order valence-corrected chi connectivity index (χ4v) is 3.24. The molecule has 4 nitrogen and oxygen atoms in total. The monoisotopic (exact) mass is 403 g/mol. The van der Waals surface area contributed by atoms with Crippen LogP contribution in [0.2, 0.25) is 0 Å². The zero-order chi connectivity index (χ0) is 20.1. The number of hydrogen-bond donors (Lipinski definition) is 0. The second-order valence-corrected chi connectivity index (χ2v) is 7.71. The fraction of sp³-hybridized carbons (Fsp3) is 0.579. The van der Waals surface area contributed by atoms with E-state index in [0.29, 0.717) is 30.5 Å². The first-order valence-electron chi connectivity index (χ1n) is 8.85. The number of likely N-dealkylation sites (tertiary alicyclic amines) is 1. The highest BCUT2D eigenvalue weighted by Crippen LogP contribution is 2.24. The van der Waals surface area contributed by atoms with Gasteiger partial charge in [-0.2, -0.15) is 0 Å². The molecule has 27 heavy (non-hydrogen) atoms. The predicted molar refractivity (Wildman–Crippen MR) is 98.7 cm³/mol. The first-order valence-corrected chi connectivity index (χ1v) is 9.26. The minimum absolute atomic E-state index is 0.00858. The summed E-state index contributed by atoms with van der Waals surface area (Å²) >= 11 is 4.97. The van der Waals surface area contributed by atoms with Crippen LogP contribution in [0.3, 0.4) is 0 Å². The van der Waals surface area contributed by atoms with Crippen LogP contribution in [0.25, 0.3) is 0 Å². The number of carbonyl (C=O) groups is 1. The Morgan fingerprint density at radius 2 is 1.93 bits per heavy atom.